The summed E-state index contributed by atoms with van der Waals surface area (Å²) in [6, 6.07) is 8.03. The molecule has 28 heavy (non-hydrogen) atoms. The highest BCUT2D eigenvalue weighted by Gasteiger charge is 2.28. The highest BCUT2D eigenvalue weighted by molar-refractivity contribution is 14.0. The molecule has 0 spiro atoms. The van der Waals surface area contributed by atoms with E-state index in [0.29, 0.717) is 25.4 Å². The maximum atomic E-state index is 12.3. The normalized spacial score (nSPS) is 19.0. The molecule has 1 atom stereocenters. The molecule has 1 unspecified atom stereocenters. The predicted molar refractivity (Wildman–Crippen MR) is 121 cm³/mol. The van der Waals surface area contributed by atoms with Gasteiger partial charge in [-0.1, -0.05) is 18.2 Å². The summed E-state index contributed by atoms with van der Waals surface area (Å²) in [5.74, 6) is 1.57. The van der Waals surface area contributed by atoms with Crippen LogP contribution in [0, 0.1) is 0 Å². The summed E-state index contributed by atoms with van der Waals surface area (Å²) in [6.07, 6.45) is 5.66. The standard InChI is InChI=1S/C20H26N6O.HI/c1-21-20(25-9-7-16(14-25)17-12-23-24(2)13-17)22-8-10-26-18-6-4-3-5-15(18)11-19(26)27;/h3-6,12-13,16H,7-11,14H2,1-2H3,(H,21,22);1H. The van der Waals surface area contributed by atoms with Gasteiger partial charge < -0.3 is 15.1 Å². The van der Waals surface area contributed by atoms with Crippen molar-refractivity contribution >= 4 is 41.5 Å². The summed E-state index contributed by atoms with van der Waals surface area (Å²) < 4.78 is 1.86. The summed E-state index contributed by atoms with van der Waals surface area (Å²) in [4.78, 5) is 20.9. The average molecular weight is 494 g/mol. The molecule has 1 aromatic heterocycles. The van der Waals surface area contributed by atoms with Crippen LogP contribution in [0.1, 0.15) is 23.5 Å². The Bertz CT molecular complexity index is 864. The lowest BCUT2D eigenvalue weighted by Gasteiger charge is -2.23. The second-order valence-corrected chi connectivity index (χ2v) is 7.20. The minimum atomic E-state index is 0. The van der Waals surface area contributed by atoms with Crippen molar-refractivity contribution in [3.63, 3.8) is 0 Å². The third-order valence-corrected chi connectivity index (χ3v) is 5.44. The van der Waals surface area contributed by atoms with Gasteiger partial charge in [0.1, 0.15) is 0 Å². The quantitative estimate of drug-likeness (QED) is 0.401. The molecule has 0 radical (unpaired) electrons. The Balaban J connectivity index is 0.00000225. The number of aryl methyl sites for hydroxylation is 1. The zero-order valence-corrected chi connectivity index (χ0v) is 18.7. The monoisotopic (exact) mass is 494 g/mol. The van der Waals surface area contributed by atoms with Crippen molar-refractivity contribution in [3.8, 4) is 0 Å². The van der Waals surface area contributed by atoms with E-state index in [1.807, 2.05) is 54.1 Å². The Morgan fingerprint density at radius 2 is 2.18 bits per heavy atom. The molecule has 2 aromatic rings. The Hall–Kier alpha value is -2.10. The Morgan fingerprint density at radius 1 is 1.36 bits per heavy atom. The maximum Gasteiger partial charge on any atom is 0.231 e. The largest absolute Gasteiger partial charge is 0.354 e. The van der Waals surface area contributed by atoms with Crippen LogP contribution in [0.5, 0.6) is 0 Å². The summed E-state index contributed by atoms with van der Waals surface area (Å²) in [6.45, 7) is 3.25. The molecule has 4 rings (SSSR count). The fourth-order valence-electron chi connectivity index (χ4n) is 4.05. The number of nitrogens with one attached hydrogen (secondary N) is 1. The van der Waals surface area contributed by atoms with Crippen LogP contribution in [0.4, 0.5) is 5.69 Å². The van der Waals surface area contributed by atoms with Crippen LogP contribution in [0.3, 0.4) is 0 Å². The zero-order valence-electron chi connectivity index (χ0n) is 16.3. The van der Waals surface area contributed by atoms with E-state index in [-0.39, 0.29) is 29.9 Å². The number of benzene rings is 1. The number of rotatable bonds is 4. The van der Waals surface area contributed by atoms with Crippen molar-refractivity contribution in [1.82, 2.24) is 20.0 Å². The first kappa shape index (κ1) is 20.6. The molecule has 1 aromatic carbocycles. The van der Waals surface area contributed by atoms with Crippen LogP contribution in [-0.2, 0) is 18.3 Å². The molecular weight excluding hydrogens is 467 g/mol. The molecule has 0 saturated carbocycles. The molecule has 2 aliphatic heterocycles. The molecule has 7 nitrogen and oxygen atoms in total. The lowest BCUT2D eigenvalue weighted by atomic mass is 10.0. The number of likely N-dealkylation sites (tertiary alicyclic amines) is 1. The smallest absolute Gasteiger partial charge is 0.231 e. The van der Waals surface area contributed by atoms with Crippen LogP contribution in [0.15, 0.2) is 41.7 Å². The second-order valence-electron chi connectivity index (χ2n) is 7.20. The number of amides is 1. The summed E-state index contributed by atoms with van der Waals surface area (Å²) in [7, 11) is 3.77. The first-order chi connectivity index (χ1) is 13.2. The number of nitrogens with zero attached hydrogens (tertiary/aromatic N) is 5. The molecule has 8 heteroatoms. The zero-order chi connectivity index (χ0) is 18.8. The van der Waals surface area contributed by atoms with Crippen LogP contribution in [-0.4, -0.2) is 59.8 Å². The third-order valence-electron chi connectivity index (χ3n) is 5.44. The lowest BCUT2D eigenvalue weighted by Crippen LogP contribution is -2.43. The molecule has 3 heterocycles. The summed E-state index contributed by atoms with van der Waals surface area (Å²) in [5.41, 5.74) is 3.44. The molecule has 2 aliphatic rings. The summed E-state index contributed by atoms with van der Waals surface area (Å²) in [5, 5.41) is 7.71. The predicted octanol–water partition coefficient (Wildman–Crippen LogP) is 1.99. The van der Waals surface area contributed by atoms with Gasteiger partial charge in [0.15, 0.2) is 5.96 Å². The van der Waals surface area contributed by atoms with Gasteiger partial charge in [-0.3, -0.25) is 14.5 Å². The fraction of sp³-hybridized carbons (Fsp3) is 0.450. The number of halogens is 1. The summed E-state index contributed by atoms with van der Waals surface area (Å²) >= 11 is 0. The number of fused-ring (bicyclic) bond motifs is 1. The number of hydrogen-bond donors (Lipinski definition) is 1. The van der Waals surface area contributed by atoms with Gasteiger partial charge in [-0.2, -0.15) is 5.10 Å². The van der Waals surface area contributed by atoms with Crippen LogP contribution in [0.2, 0.25) is 0 Å². The Kier molecular flexibility index (Phi) is 6.58. The maximum absolute atomic E-state index is 12.3. The average Bonchev–Trinajstić information content (AvgIpc) is 3.38. The van der Waals surface area contributed by atoms with E-state index in [0.717, 1.165) is 36.7 Å². The Morgan fingerprint density at radius 3 is 2.93 bits per heavy atom. The molecule has 1 amide bonds. The number of para-hydroxylation sites is 1. The molecule has 150 valence electrons. The fourth-order valence-corrected chi connectivity index (χ4v) is 4.05. The first-order valence-corrected chi connectivity index (χ1v) is 9.48. The topological polar surface area (TPSA) is 65.8 Å². The van der Waals surface area contributed by atoms with E-state index in [2.05, 4.69) is 26.5 Å². The van der Waals surface area contributed by atoms with Crippen molar-refractivity contribution in [2.45, 2.75) is 18.8 Å². The molecule has 1 fully saturated rings. The highest BCUT2D eigenvalue weighted by Crippen LogP contribution is 2.28. The van der Waals surface area contributed by atoms with Crippen molar-refractivity contribution in [2.24, 2.45) is 12.0 Å². The van der Waals surface area contributed by atoms with E-state index in [4.69, 9.17) is 0 Å². The molecular formula is C20H27IN6O. The minimum absolute atomic E-state index is 0. The molecule has 1 saturated heterocycles. The number of aliphatic imine (C=N–C) groups is 1. The number of carbonyl (C=O) groups is 1. The lowest BCUT2D eigenvalue weighted by molar-refractivity contribution is -0.117. The number of hydrogen-bond acceptors (Lipinski definition) is 3. The van der Waals surface area contributed by atoms with E-state index < -0.39 is 0 Å². The van der Waals surface area contributed by atoms with Gasteiger partial charge in [0.05, 0.1) is 12.6 Å². The first-order valence-electron chi connectivity index (χ1n) is 9.48. The van der Waals surface area contributed by atoms with Gasteiger partial charge >= 0.3 is 0 Å². The molecule has 1 N–H and O–H groups in total. The molecule has 0 bridgehead atoms. The number of carbonyl (C=O) groups excluding carboxylic acids is 1. The van der Waals surface area contributed by atoms with Gasteiger partial charge in [0.2, 0.25) is 5.91 Å². The van der Waals surface area contributed by atoms with E-state index in [1.165, 1.54) is 5.56 Å². The van der Waals surface area contributed by atoms with E-state index >= 15 is 0 Å². The van der Waals surface area contributed by atoms with Crippen molar-refractivity contribution in [1.29, 1.82) is 0 Å². The van der Waals surface area contributed by atoms with Gasteiger partial charge in [-0.05, 0) is 23.6 Å². The van der Waals surface area contributed by atoms with Crippen molar-refractivity contribution in [3.05, 3.63) is 47.8 Å². The Labute approximate surface area is 182 Å². The number of aromatic nitrogens is 2. The number of anilines is 1. The van der Waals surface area contributed by atoms with Gasteiger partial charge in [-0.15, -0.1) is 24.0 Å². The second kappa shape index (κ2) is 8.93. The van der Waals surface area contributed by atoms with Gasteiger partial charge in [0.25, 0.3) is 0 Å². The number of guanidine groups is 1. The van der Waals surface area contributed by atoms with Crippen molar-refractivity contribution < 1.29 is 4.79 Å². The van der Waals surface area contributed by atoms with Gasteiger partial charge in [-0.25, -0.2) is 0 Å². The van der Waals surface area contributed by atoms with E-state index in [9.17, 15) is 4.79 Å². The van der Waals surface area contributed by atoms with Crippen LogP contribution in [0.25, 0.3) is 0 Å². The van der Waals surface area contributed by atoms with Gasteiger partial charge in [0, 0.05) is 58.1 Å². The SMILES string of the molecule is CN=C(NCCN1C(=O)Cc2ccccc21)N1CCC(c2cnn(C)c2)C1.I. The van der Waals surface area contributed by atoms with Crippen LogP contribution >= 0.6 is 24.0 Å². The minimum Gasteiger partial charge on any atom is -0.354 e. The van der Waals surface area contributed by atoms with E-state index in [1.54, 1.807) is 0 Å². The van der Waals surface area contributed by atoms with Crippen molar-refractivity contribution in [2.75, 3.05) is 38.1 Å². The molecule has 0 aliphatic carbocycles. The van der Waals surface area contributed by atoms with Crippen LogP contribution < -0.4 is 10.2 Å². The highest BCUT2D eigenvalue weighted by atomic mass is 127. The third kappa shape index (κ3) is 4.16.